The minimum Gasteiger partial charge on any atom is -0.376 e. The van der Waals surface area contributed by atoms with Gasteiger partial charge < -0.3 is 19.9 Å². The third kappa shape index (κ3) is 3.73. The van der Waals surface area contributed by atoms with Crippen molar-refractivity contribution in [2.24, 2.45) is 0 Å². The summed E-state index contributed by atoms with van der Waals surface area (Å²) in [7, 11) is 0. The topological polar surface area (TPSA) is 55.3 Å². The van der Waals surface area contributed by atoms with E-state index in [2.05, 4.69) is 63.9 Å². The number of thiophene rings is 1. The van der Waals surface area contributed by atoms with Crippen LogP contribution in [0.4, 0.5) is 4.79 Å². The highest BCUT2D eigenvalue weighted by Crippen LogP contribution is 2.36. The zero-order valence-electron chi connectivity index (χ0n) is 15.5. The van der Waals surface area contributed by atoms with E-state index in [4.69, 9.17) is 4.74 Å². The second-order valence-electron chi connectivity index (χ2n) is 6.76. The highest BCUT2D eigenvalue weighted by atomic mass is 32.1. The van der Waals surface area contributed by atoms with Crippen molar-refractivity contribution in [1.29, 1.82) is 0 Å². The number of amides is 2. The number of fused-ring (bicyclic) bond motifs is 1. The van der Waals surface area contributed by atoms with Crippen LogP contribution in [0.25, 0.3) is 21.5 Å². The number of aryl methyl sites for hydroxylation is 1. The maximum absolute atomic E-state index is 12.3. The van der Waals surface area contributed by atoms with Gasteiger partial charge in [0.25, 0.3) is 0 Å². The zero-order chi connectivity index (χ0) is 18.6. The Morgan fingerprint density at radius 3 is 2.89 bits per heavy atom. The first-order chi connectivity index (χ1) is 13.3. The largest absolute Gasteiger partial charge is 0.376 e. The summed E-state index contributed by atoms with van der Waals surface area (Å²) >= 11 is 1.73. The van der Waals surface area contributed by atoms with E-state index in [-0.39, 0.29) is 12.1 Å². The molecule has 3 heterocycles. The molecule has 1 fully saturated rings. The molecule has 0 saturated carbocycles. The lowest BCUT2D eigenvalue weighted by molar-refractivity contribution is 0.111. The van der Waals surface area contributed by atoms with Gasteiger partial charge in [0.15, 0.2) is 0 Å². The Balaban J connectivity index is 1.57. The number of rotatable bonds is 6. The van der Waals surface area contributed by atoms with Crippen molar-refractivity contribution in [3.8, 4) is 10.6 Å². The van der Waals surface area contributed by atoms with E-state index in [1.54, 1.807) is 11.3 Å². The van der Waals surface area contributed by atoms with Crippen LogP contribution in [0.5, 0.6) is 0 Å². The molecule has 0 radical (unpaired) electrons. The normalized spacial score (nSPS) is 16.7. The second kappa shape index (κ2) is 8.15. The van der Waals surface area contributed by atoms with E-state index in [1.807, 2.05) is 0 Å². The van der Waals surface area contributed by atoms with Gasteiger partial charge in [-0.25, -0.2) is 4.79 Å². The van der Waals surface area contributed by atoms with Crippen molar-refractivity contribution in [3.63, 3.8) is 0 Å². The Hall–Kier alpha value is -2.31. The summed E-state index contributed by atoms with van der Waals surface area (Å²) in [5.41, 5.74) is 3.58. The standard InChI is InChI=1S/C21H25N3O2S/c1-2-24-18-9-4-3-8-16(18)17(20(24)19-10-6-12-27-19)14-23-21(25)22-13-15-7-5-11-26-15/h3-4,6,8-10,12,15H,2,5,7,11,13-14H2,1H3,(H2,22,23,25)/t15-/m0/s1. The van der Waals surface area contributed by atoms with Crippen molar-refractivity contribution in [3.05, 3.63) is 47.3 Å². The average Bonchev–Trinajstić information content (AvgIpc) is 3.44. The van der Waals surface area contributed by atoms with Crippen molar-refractivity contribution >= 4 is 28.3 Å². The quantitative estimate of drug-likeness (QED) is 0.664. The number of nitrogens with zero attached hydrogens (tertiary/aromatic N) is 1. The number of carbonyl (C=O) groups is 1. The molecule has 0 aliphatic carbocycles. The maximum atomic E-state index is 12.3. The zero-order valence-corrected chi connectivity index (χ0v) is 16.3. The van der Waals surface area contributed by atoms with E-state index >= 15 is 0 Å². The minimum absolute atomic E-state index is 0.143. The number of benzene rings is 1. The van der Waals surface area contributed by atoms with Gasteiger partial charge in [0.2, 0.25) is 0 Å². The summed E-state index contributed by atoms with van der Waals surface area (Å²) < 4.78 is 7.90. The number of hydrogen-bond acceptors (Lipinski definition) is 3. The Labute approximate surface area is 163 Å². The molecule has 1 aromatic carbocycles. The van der Waals surface area contributed by atoms with Gasteiger partial charge in [0, 0.05) is 42.7 Å². The molecule has 0 unspecified atom stereocenters. The summed E-state index contributed by atoms with van der Waals surface area (Å²) in [4.78, 5) is 13.5. The summed E-state index contributed by atoms with van der Waals surface area (Å²) in [6.45, 7) is 4.92. The molecule has 2 N–H and O–H groups in total. The first-order valence-electron chi connectivity index (χ1n) is 9.55. The second-order valence-corrected chi connectivity index (χ2v) is 7.71. The summed E-state index contributed by atoms with van der Waals surface area (Å²) in [5.74, 6) is 0. The first-order valence-corrected chi connectivity index (χ1v) is 10.4. The molecule has 0 bridgehead atoms. The molecule has 1 aliphatic heterocycles. The fourth-order valence-electron chi connectivity index (χ4n) is 3.82. The number of para-hydroxylation sites is 1. The molecule has 4 rings (SSSR count). The lowest BCUT2D eigenvalue weighted by Crippen LogP contribution is -2.39. The van der Waals surface area contributed by atoms with Crippen LogP contribution in [0.15, 0.2) is 41.8 Å². The predicted octanol–water partition coefficient (Wildman–Crippen LogP) is 4.37. The number of nitrogens with one attached hydrogen (secondary N) is 2. The van der Waals surface area contributed by atoms with Crippen LogP contribution in [0.2, 0.25) is 0 Å². The third-order valence-electron chi connectivity index (χ3n) is 5.09. The molecule has 142 valence electrons. The molecule has 2 amide bonds. The molecule has 1 atom stereocenters. The van der Waals surface area contributed by atoms with E-state index in [0.29, 0.717) is 13.1 Å². The van der Waals surface area contributed by atoms with E-state index in [1.165, 1.54) is 27.0 Å². The monoisotopic (exact) mass is 383 g/mol. The number of hydrogen-bond donors (Lipinski definition) is 2. The van der Waals surface area contributed by atoms with E-state index in [9.17, 15) is 4.79 Å². The fraction of sp³-hybridized carbons (Fsp3) is 0.381. The van der Waals surface area contributed by atoms with Crippen molar-refractivity contribution < 1.29 is 9.53 Å². The van der Waals surface area contributed by atoms with Gasteiger partial charge >= 0.3 is 6.03 Å². The van der Waals surface area contributed by atoms with Gasteiger partial charge in [0.1, 0.15) is 0 Å². The van der Waals surface area contributed by atoms with Gasteiger partial charge in [-0.1, -0.05) is 24.3 Å². The van der Waals surface area contributed by atoms with Crippen molar-refractivity contribution in [2.45, 2.75) is 39.0 Å². The van der Waals surface area contributed by atoms with Crippen LogP contribution in [-0.4, -0.2) is 29.9 Å². The third-order valence-corrected chi connectivity index (χ3v) is 5.96. The van der Waals surface area contributed by atoms with Crippen molar-refractivity contribution in [2.75, 3.05) is 13.2 Å². The van der Waals surface area contributed by atoms with Gasteiger partial charge in [-0.05, 0) is 37.3 Å². The predicted molar refractivity (Wildman–Crippen MR) is 110 cm³/mol. The average molecular weight is 384 g/mol. The molecular weight excluding hydrogens is 358 g/mol. The molecule has 1 saturated heterocycles. The fourth-order valence-corrected chi connectivity index (χ4v) is 4.63. The number of urea groups is 1. The van der Waals surface area contributed by atoms with E-state index < -0.39 is 0 Å². The van der Waals surface area contributed by atoms with Crippen LogP contribution in [-0.2, 0) is 17.8 Å². The molecule has 1 aliphatic rings. The van der Waals surface area contributed by atoms with Gasteiger partial charge in [-0.2, -0.15) is 0 Å². The van der Waals surface area contributed by atoms with Crippen LogP contribution >= 0.6 is 11.3 Å². The summed E-state index contributed by atoms with van der Waals surface area (Å²) in [6.07, 6.45) is 2.25. The van der Waals surface area contributed by atoms with E-state index in [0.717, 1.165) is 26.0 Å². The van der Waals surface area contributed by atoms with Crippen LogP contribution < -0.4 is 10.6 Å². The molecule has 5 nitrogen and oxygen atoms in total. The smallest absolute Gasteiger partial charge is 0.315 e. The van der Waals surface area contributed by atoms with Crippen molar-refractivity contribution in [1.82, 2.24) is 15.2 Å². The molecule has 2 aromatic heterocycles. The molecule has 3 aromatic rings. The lowest BCUT2D eigenvalue weighted by Gasteiger charge is -2.13. The number of aromatic nitrogens is 1. The van der Waals surface area contributed by atoms with Gasteiger partial charge in [-0.15, -0.1) is 11.3 Å². The molecular formula is C21H25N3O2S. The minimum atomic E-state index is -0.143. The lowest BCUT2D eigenvalue weighted by atomic mass is 10.1. The van der Waals surface area contributed by atoms with Crippen LogP contribution in [0.3, 0.4) is 0 Å². The Morgan fingerprint density at radius 2 is 2.15 bits per heavy atom. The molecule has 6 heteroatoms. The molecule has 0 spiro atoms. The Morgan fingerprint density at radius 1 is 1.26 bits per heavy atom. The Kier molecular flexibility index (Phi) is 5.45. The molecule has 27 heavy (non-hydrogen) atoms. The summed E-state index contributed by atoms with van der Waals surface area (Å²) in [6, 6.07) is 12.5. The number of carbonyl (C=O) groups excluding carboxylic acids is 1. The highest BCUT2D eigenvalue weighted by Gasteiger charge is 2.20. The SMILES string of the molecule is CCn1c(-c2cccs2)c(CNC(=O)NC[C@@H]2CCCO2)c2ccccc21. The first kappa shape index (κ1) is 18.1. The number of ether oxygens (including phenoxy) is 1. The van der Waals surface area contributed by atoms with Gasteiger partial charge in [-0.3, -0.25) is 0 Å². The maximum Gasteiger partial charge on any atom is 0.315 e. The highest BCUT2D eigenvalue weighted by molar-refractivity contribution is 7.13. The van der Waals surface area contributed by atoms with Gasteiger partial charge in [0.05, 0.1) is 16.7 Å². The summed E-state index contributed by atoms with van der Waals surface area (Å²) in [5, 5.41) is 9.27. The Bertz CT molecular complexity index is 911. The van der Waals surface area contributed by atoms with Crippen LogP contribution in [0, 0.1) is 0 Å². The van der Waals surface area contributed by atoms with Crippen LogP contribution in [0.1, 0.15) is 25.3 Å².